The van der Waals surface area contributed by atoms with Crippen molar-refractivity contribution < 1.29 is 9.53 Å². The van der Waals surface area contributed by atoms with E-state index in [1.54, 1.807) is 0 Å². The van der Waals surface area contributed by atoms with E-state index in [-0.39, 0.29) is 12.1 Å². The van der Waals surface area contributed by atoms with E-state index in [0.29, 0.717) is 5.92 Å². The second-order valence-corrected chi connectivity index (χ2v) is 8.47. The van der Waals surface area contributed by atoms with Crippen LogP contribution in [0.1, 0.15) is 71.4 Å². The van der Waals surface area contributed by atoms with Gasteiger partial charge in [0.05, 0.1) is 5.69 Å². The number of carbonyl (C=O) groups is 1. The Hall–Kier alpha value is -1.03. The molecular formula is C19H28BrNO2. The van der Waals surface area contributed by atoms with Gasteiger partial charge in [0, 0.05) is 10.5 Å². The number of carbonyl (C=O) groups excluding carboxylic acids is 1. The Labute approximate surface area is 148 Å². The second-order valence-electron chi connectivity index (χ2n) is 7.62. The molecule has 0 aromatic heterocycles. The zero-order valence-electron chi connectivity index (χ0n) is 15.1. The lowest BCUT2D eigenvalue weighted by molar-refractivity contribution is 0.0559. The quantitative estimate of drug-likeness (QED) is 0.624. The fourth-order valence-corrected chi connectivity index (χ4v) is 3.75. The number of anilines is 1. The van der Waals surface area contributed by atoms with Crippen LogP contribution in [-0.2, 0) is 11.2 Å². The number of hydrogen-bond donors (Lipinski definition) is 0. The van der Waals surface area contributed by atoms with Gasteiger partial charge in [0.25, 0.3) is 0 Å². The lowest BCUT2D eigenvalue weighted by atomic mass is 9.91. The van der Waals surface area contributed by atoms with E-state index in [0.717, 1.165) is 29.4 Å². The molecule has 0 N–H and O–H groups in total. The standard InChI is InChI=1S/C19H28BrNO2/c1-7-15-9-8-13-10-14(12(2)3)11-16(20)17(13)21(15)18(22)23-19(4,5)6/h10-12,15H,7-9H2,1-6H3. The molecule has 0 bridgehead atoms. The Morgan fingerprint density at radius 2 is 2.04 bits per heavy atom. The molecule has 0 spiro atoms. The van der Waals surface area contributed by atoms with E-state index in [9.17, 15) is 4.79 Å². The SMILES string of the molecule is CCC1CCc2cc(C(C)C)cc(Br)c2N1C(=O)OC(C)(C)C. The molecule has 1 aromatic carbocycles. The first-order valence-corrected chi connectivity index (χ1v) is 9.27. The molecule has 1 amide bonds. The van der Waals surface area contributed by atoms with Crippen LogP contribution in [0, 0.1) is 0 Å². The molecule has 0 radical (unpaired) electrons. The number of nitrogens with zero attached hydrogens (tertiary/aromatic N) is 1. The van der Waals surface area contributed by atoms with Crippen LogP contribution in [0.2, 0.25) is 0 Å². The summed E-state index contributed by atoms with van der Waals surface area (Å²) in [5.41, 5.74) is 3.03. The van der Waals surface area contributed by atoms with Gasteiger partial charge in [0.1, 0.15) is 5.60 Å². The van der Waals surface area contributed by atoms with Gasteiger partial charge in [-0.15, -0.1) is 0 Å². The van der Waals surface area contributed by atoms with E-state index in [4.69, 9.17) is 4.74 Å². The van der Waals surface area contributed by atoms with Crippen molar-refractivity contribution in [3.63, 3.8) is 0 Å². The summed E-state index contributed by atoms with van der Waals surface area (Å²) in [6, 6.07) is 4.57. The average Bonchev–Trinajstić information content (AvgIpc) is 2.43. The minimum atomic E-state index is -0.489. The van der Waals surface area contributed by atoms with Crippen LogP contribution in [0.4, 0.5) is 10.5 Å². The van der Waals surface area contributed by atoms with Gasteiger partial charge in [-0.25, -0.2) is 4.79 Å². The molecule has 1 aromatic rings. The van der Waals surface area contributed by atoms with Crippen LogP contribution in [0.25, 0.3) is 0 Å². The third-order valence-corrected chi connectivity index (χ3v) is 4.85. The van der Waals surface area contributed by atoms with Crippen molar-refractivity contribution in [2.24, 2.45) is 0 Å². The largest absolute Gasteiger partial charge is 0.443 e. The van der Waals surface area contributed by atoms with Gasteiger partial charge in [-0.2, -0.15) is 0 Å². The number of hydrogen-bond acceptors (Lipinski definition) is 2. The highest BCUT2D eigenvalue weighted by Crippen LogP contribution is 2.40. The van der Waals surface area contributed by atoms with Crippen LogP contribution in [0.3, 0.4) is 0 Å². The summed E-state index contributed by atoms with van der Waals surface area (Å²) in [6.45, 7) is 12.2. The molecule has 1 aliphatic heterocycles. The molecule has 0 fully saturated rings. The minimum Gasteiger partial charge on any atom is -0.443 e. The van der Waals surface area contributed by atoms with Gasteiger partial charge >= 0.3 is 6.09 Å². The van der Waals surface area contributed by atoms with Crippen LogP contribution >= 0.6 is 15.9 Å². The maximum atomic E-state index is 12.8. The Morgan fingerprint density at radius 1 is 1.39 bits per heavy atom. The number of aryl methyl sites for hydroxylation is 1. The van der Waals surface area contributed by atoms with Crippen molar-refractivity contribution >= 4 is 27.7 Å². The van der Waals surface area contributed by atoms with Crippen molar-refractivity contribution in [1.82, 2.24) is 0 Å². The molecule has 3 nitrogen and oxygen atoms in total. The highest BCUT2D eigenvalue weighted by molar-refractivity contribution is 9.10. The highest BCUT2D eigenvalue weighted by atomic mass is 79.9. The molecule has 2 rings (SSSR count). The summed E-state index contributed by atoms with van der Waals surface area (Å²) in [5.74, 6) is 0.468. The van der Waals surface area contributed by atoms with Gasteiger partial charge in [-0.1, -0.05) is 26.8 Å². The molecule has 0 aliphatic carbocycles. The molecule has 0 saturated carbocycles. The lowest BCUT2D eigenvalue weighted by Crippen LogP contribution is -2.46. The molecule has 4 heteroatoms. The average molecular weight is 382 g/mol. The van der Waals surface area contributed by atoms with E-state index >= 15 is 0 Å². The van der Waals surface area contributed by atoms with Gasteiger partial charge in [0.2, 0.25) is 0 Å². The van der Waals surface area contributed by atoms with Gasteiger partial charge in [-0.05, 0) is 79.1 Å². The first-order chi connectivity index (χ1) is 10.6. The Balaban J connectivity index is 2.48. The van der Waals surface area contributed by atoms with Crippen LogP contribution in [0.15, 0.2) is 16.6 Å². The number of ether oxygens (including phenoxy) is 1. The number of benzene rings is 1. The maximum Gasteiger partial charge on any atom is 0.415 e. The summed E-state index contributed by atoms with van der Waals surface area (Å²) < 4.78 is 6.65. The number of amides is 1. The van der Waals surface area contributed by atoms with Gasteiger partial charge in [-0.3, -0.25) is 4.90 Å². The molecule has 1 heterocycles. The summed E-state index contributed by atoms with van der Waals surface area (Å²) in [5, 5.41) is 0. The summed E-state index contributed by atoms with van der Waals surface area (Å²) in [4.78, 5) is 14.7. The Bertz CT molecular complexity index is 590. The first kappa shape index (κ1) is 18.3. The van der Waals surface area contributed by atoms with Crippen molar-refractivity contribution in [3.05, 3.63) is 27.7 Å². The Morgan fingerprint density at radius 3 is 2.57 bits per heavy atom. The van der Waals surface area contributed by atoms with E-state index < -0.39 is 5.60 Å². The molecule has 1 atom stereocenters. The third kappa shape index (κ3) is 4.09. The number of rotatable bonds is 2. The summed E-state index contributed by atoms with van der Waals surface area (Å²) in [6.07, 6.45) is 2.67. The highest BCUT2D eigenvalue weighted by Gasteiger charge is 2.34. The number of halogens is 1. The molecule has 23 heavy (non-hydrogen) atoms. The topological polar surface area (TPSA) is 29.5 Å². The maximum absolute atomic E-state index is 12.8. The van der Waals surface area contributed by atoms with Gasteiger partial charge < -0.3 is 4.74 Å². The summed E-state index contributed by atoms with van der Waals surface area (Å²) >= 11 is 3.70. The van der Waals surface area contributed by atoms with Crippen molar-refractivity contribution in [3.8, 4) is 0 Å². The van der Waals surface area contributed by atoms with E-state index in [1.165, 1.54) is 11.1 Å². The van der Waals surface area contributed by atoms with Crippen LogP contribution < -0.4 is 4.90 Å². The smallest absolute Gasteiger partial charge is 0.415 e. The molecule has 1 unspecified atom stereocenters. The minimum absolute atomic E-state index is 0.193. The zero-order valence-corrected chi connectivity index (χ0v) is 16.7. The predicted octanol–water partition coefficient (Wildman–Crippen LogP) is 6.04. The normalized spacial score (nSPS) is 18.1. The molecule has 1 aliphatic rings. The fourth-order valence-electron chi connectivity index (χ4n) is 3.04. The number of fused-ring (bicyclic) bond motifs is 1. The molecule has 0 saturated heterocycles. The van der Waals surface area contributed by atoms with Crippen molar-refractivity contribution in [1.29, 1.82) is 0 Å². The second kappa shape index (κ2) is 6.84. The van der Waals surface area contributed by atoms with Crippen molar-refractivity contribution in [2.45, 2.75) is 78.4 Å². The molecule has 128 valence electrons. The first-order valence-electron chi connectivity index (χ1n) is 8.48. The predicted molar refractivity (Wildman–Crippen MR) is 99.3 cm³/mol. The third-order valence-electron chi connectivity index (χ3n) is 4.25. The van der Waals surface area contributed by atoms with E-state index in [1.807, 2.05) is 25.7 Å². The van der Waals surface area contributed by atoms with Crippen LogP contribution in [-0.4, -0.2) is 17.7 Å². The van der Waals surface area contributed by atoms with Crippen LogP contribution in [0.5, 0.6) is 0 Å². The van der Waals surface area contributed by atoms with Crippen molar-refractivity contribution in [2.75, 3.05) is 4.90 Å². The monoisotopic (exact) mass is 381 g/mol. The molecular weight excluding hydrogens is 354 g/mol. The zero-order chi connectivity index (χ0) is 17.4. The van der Waals surface area contributed by atoms with E-state index in [2.05, 4.69) is 48.8 Å². The Kier molecular flexibility index (Phi) is 5.44. The summed E-state index contributed by atoms with van der Waals surface area (Å²) in [7, 11) is 0. The lowest BCUT2D eigenvalue weighted by Gasteiger charge is -2.38. The fraction of sp³-hybridized carbons (Fsp3) is 0.632. The van der Waals surface area contributed by atoms with Gasteiger partial charge in [0.15, 0.2) is 0 Å².